The number of benzene rings is 3. The highest BCUT2D eigenvalue weighted by molar-refractivity contribution is 6.35. The van der Waals surface area contributed by atoms with Crippen molar-refractivity contribution in [2.45, 2.75) is 25.8 Å². The zero-order chi connectivity index (χ0) is 24.7. The van der Waals surface area contributed by atoms with Gasteiger partial charge in [-0.1, -0.05) is 18.2 Å². The first-order valence-electron chi connectivity index (χ1n) is 11.6. The second-order valence-corrected chi connectivity index (χ2v) is 8.76. The summed E-state index contributed by atoms with van der Waals surface area (Å²) in [5.74, 6) is 0.381. The molecule has 1 fully saturated rings. The summed E-state index contributed by atoms with van der Waals surface area (Å²) >= 11 is 0. The molecule has 5 rings (SSSR count). The Bertz CT molecular complexity index is 1350. The van der Waals surface area contributed by atoms with Gasteiger partial charge in [-0.15, -0.1) is 0 Å². The van der Waals surface area contributed by atoms with Crippen molar-refractivity contribution in [3.63, 3.8) is 0 Å². The summed E-state index contributed by atoms with van der Waals surface area (Å²) in [4.78, 5) is 42.9. The number of carbonyl (C=O) groups is 3. The molecule has 7 heteroatoms. The molecule has 1 atom stereocenters. The average molecular weight is 471 g/mol. The van der Waals surface area contributed by atoms with E-state index in [2.05, 4.69) is 0 Å². The molecule has 0 aliphatic carbocycles. The lowest BCUT2D eigenvalue weighted by molar-refractivity contribution is 0.0733. The minimum absolute atomic E-state index is 0.155. The number of para-hydroxylation sites is 1. The van der Waals surface area contributed by atoms with Gasteiger partial charge in [0, 0.05) is 23.7 Å². The number of aryl methyl sites for hydroxylation is 1. The van der Waals surface area contributed by atoms with Gasteiger partial charge >= 0.3 is 0 Å². The minimum atomic E-state index is -0.413. The topological polar surface area (TPSA) is 76.2 Å². The van der Waals surface area contributed by atoms with Crippen LogP contribution in [0.1, 0.15) is 61.1 Å². The van der Waals surface area contributed by atoms with Crippen molar-refractivity contribution in [2.75, 3.05) is 25.7 Å². The average Bonchev–Trinajstić information content (AvgIpc) is 3.46. The van der Waals surface area contributed by atoms with Gasteiger partial charge in [0.15, 0.2) is 0 Å². The Labute approximate surface area is 203 Å². The van der Waals surface area contributed by atoms with Crippen molar-refractivity contribution in [3.05, 3.63) is 88.5 Å². The fourth-order valence-corrected chi connectivity index (χ4v) is 5.00. The van der Waals surface area contributed by atoms with E-state index < -0.39 is 5.91 Å². The van der Waals surface area contributed by atoms with Crippen molar-refractivity contribution in [3.8, 4) is 11.5 Å². The fourth-order valence-electron chi connectivity index (χ4n) is 5.00. The first-order chi connectivity index (χ1) is 16.9. The van der Waals surface area contributed by atoms with Crippen LogP contribution in [0, 0.1) is 6.92 Å². The third-order valence-electron chi connectivity index (χ3n) is 6.80. The molecule has 0 aromatic heterocycles. The summed E-state index contributed by atoms with van der Waals surface area (Å²) in [6.45, 7) is 2.45. The zero-order valence-corrected chi connectivity index (χ0v) is 19.9. The molecule has 7 nitrogen and oxygen atoms in total. The number of hydrogen-bond acceptors (Lipinski definition) is 5. The van der Waals surface area contributed by atoms with E-state index in [0.717, 1.165) is 24.0 Å². The number of carbonyl (C=O) groups excluding carboxylic acids is 3. The van der Waals surface area contributed by atoms with Gasteiger partial charge < -0.3 is 14.4 Å². The number of amides is 3. The van der Waals surface area contributed by atoms with E-state index in [1.54, 1.807) is 44.6 Å². The number of rotatable bonds is 5. The van der Waals surface area contributed by atoms with Crippen LogP contribution in [-0.2, 0) is 0 Å². The van der Waals surface area contributed by atoms with E-state index in [4.69, 9.17) is 9.47 Å². The van der Waals surface area contributed by atoms with Gasteiger partial charge in [0.25, 0.3) is 17.7 Å². The maximum Gasteiger partial charge on any atom is 0.266 e. The van der Waals surface area contributed by atoms with Crippen LogP contribution in [0.15, 0.2) is 60.7 Å². The second-order valence-electron chi connectivity index (χ2n) is 8.76. The van der Waals surface area contributed by atoms with Crippen LogP contribution in [0.2, 0.25) is 0 Å². The van der Waals surface area contributed by atoms with Crippen LogP contribution < -0.4 is 14.4 Å². The van der Waals surface area contributed by atoms with Gasteiger partial charge in [-0.2, -0.15) is 0 Å². The van der Waals surface area contributed by atoms with E-state index in [-0.39, 0.29) is 23.4 Å². The normalized spacial score (nSPS) is 17.1. The van der Waals surface area contributed by atoms with Gasteiger partial charge in [0.1, 0.15) is 11.5 Å². The molecule has 3 aromatic rings. The van der Waals surface area contributed by atoms with Crippen LogP contribution in [-0.4, -0.2) is 43.4 Å². The van der Waals surface area contributed by atoms with Crippen molar-refractivity contribution < 1.29 is 23.9 Å². The molecular formula is C28H26N2O5. The first-order valence-corrected chi connectivity index (χ1v) is 11.6. The molecule has 0 N–H and O–H groups in total. The van der Waals surface area contributed by atoms with E-state index in [0.29, 0.717) is 34.9 Å². The Morgan fingerprint density at radius 1 is 0.914 bits per heavy atom. The van der Waals surface area contributed by atoms with Crippen LogP contribution in [0.3, 0.4) is 0 Å². The molecule has 35 heavy (non-hydrogen) atoms. The molecule has 0 saturated carbocycles. The van der Waals surface area contributed by atoms with Gasteiger partial charge in [-0.05, 0) is 61.7 Å². The maximum absolute atomic E-state index is 13.6. The summed E-state index contributed by atoms with van der Waals surface area (Å²) in [7, 11) is 3.20. The number of methoxy groups -OCH3 is 2. The number of likely N-dealkylation sites (tertiary alicyclic amines) is 1. The summed E-state index contributed by atoms with van der Waals surface area (Å²) < 4.78 is 10.9. The van der Waals surface area contributed by atoms with Gasteiger partial charge in [0.05, 0.1) is 37.1 Å². The molecule has 3 amide bonds. The largest absolute Gasteiger partial charge is 0.497 e. The van der Waals surface area contributed by atoms with Crippen molar-refractivity contribution >= 4 is 23.4 Å². The third-order valence-corrected chi connectivity index (χ3v) is 6.80. The summed E-state index contributed by atoms with van der Waals surface area (Å²) in [5, 5.41) is 0. The highest BCUT2D eigenvalue weighted by Gasteiger charge is 2.39. The number of anilines is 1. The summed E-state index contributed by atoms with van der Waals surface area (Å²) in [5.41, 5.74) is 3.24. The van der Waals surface area contributed by atoms with Gasteiger partial charge in [-0.3, -0.25) is 14.4 Å². The molecular weight excluding hydrogens is 444 g/mol. The van der Waals surface area contributed by atoms with Gasteiger partial charge in [-0.25, -0.2) is 4.90 Å². The lowest BCUT2D eigenvalue weighted by atomic mass is 10.0. The number of fused-ring (bicyclic) bond motifs is 1. The van der Waals surface area contributed by atoms with Gasteiger partial charge in [0.2, 0.25) is 0 Å². The molecule has 0 bridgehead atoms. The monoisotopic (exact) mass is 470 g/mol. The van der Waals surface area contributed by atoms with E-state index in [9.17, 15) is 14.4 Å². The van der Waals surface area contributed by atoms with Crippen molar-refractivity contribution in [1.82, 2.24) is 4.90 Å². The highest BCUT2D eigenvalue weighted by atomic mass is 16.5. The molecule has 2 heterocycles. The Balaban J connectivity index is 1.46. The number of nitrogens with zero attached hydrogens (tertiary/aromatic N) is 2. The Morgan fingerprint density at radius 2 is 1.69 bits per heavy atom. The predicted octanol–water partition coefficient (Wildman–Crippen LogP) is 4.79. The molecule has 2 aliphatic rings. The smallest absolute Gasteiger partial charge is 0.266 e. The SMILES string of the molecule is COc1ccc([C@H]2CCCN2C(=O)c2ccc3c(c2)C(=O)N(c2ccccc2C)C3=O)c(OC)c1. The molecule has 2 aliphatic heterocycles. The van der Waals surface area contributed by atoms with E-state index >= 15 is 0 Å². The van der Waals surface area contributed by atoms with Crippen LogP contribution >= 0.6 is 0 Å². The second kappa shape index (κ2) is 8.91. The Morgan fingerprint density at radius 3 is 2.43 bits per heavy atom. The van der Waals surface area contributed by atoms with Crippen LogP contribution in [0.4, 0.5) is 5.69 Å². The Kier molecular flexibility index (Phi) is 5.76. The molecule has 0 radical (unpaired) electrons. The molecule has 0 spiro atoms. The molecule has 1 saturated heterocycles. The van der Waals surface area contributed by atoms with E-state index in [1.165, 1.54) is 4.90 Å². The minimum Gasteiger partial charge on any atom is -0.497 e. The zero-order valence-electron chi connectivity index (χ0n) is 19.9. The maximum atomic E-state index is 13.6. The number of imide groups is 1. The third kappa shape index (κ3) is 3.73. The van der Waals surface area contributed by atoms with Crippen molar-refractivity contribution in [2.24, 2.45) is 0 Å². The lowest BCUT2D eigenvalue weighted by Crippen LogP contribution is -2.31. The number of hydrogen-bond donors (Lipinski definition) is 0. The quantitative estimate of drug-likeness (QED) is 0.501. The molecule has 178 valence electrons. The van der Waals surface area contributed by atoms with Crippen molar-refractivity contribution in [1.29, 1.82) is 0 Å². The van der Waals surface area contributed by atoms with E-state index in [1.807, 2.05) is 42.2 Å². The first kappa shape index (κ1) is 22.7. The standard InChI is InChI=1S/C28H26N2O5/c1-17-7-4-5-8-23(17)30-27(32)20-12-10-18(15-22(20)28(30)33)26(31)29-14-6-9-24(29)21-13-11-19(34-2)16-25(21)35-3/h4-5,7-8,10-13,15-16,24H,6,9,14H2,1-3H3/t24-/m1/s1. The fraction of sp³-hybridized carbons (Fsp3) is 0.250. The lowest BCUT2D eigenvalue weighted by Gasteiger charge is -2.27. The summed E-state index contributed by atoms with van der Waals surface area (Å²) in [6.07, 6.45) is 1.66. The number of ether oxygens (including phenoxy) is 2. The predicted molar refractivity (Wildman–Crippen MR) is 131 cm³/mol. The van der Waals surface area contributed by atoms with Crippen LogP contribution in [0.5, 0.6) is 11.5 Å². The highest BCUT2D eigenvalue weighted by Crippen LogP contribution is 2.40. The summed E-state index contributed by atoms with van der Waals surface area (Å²) in [6, 6.07) is 17.5. The Hall–Kier alpha value is -4.13. The van der Waals surface area contributed by atoms with Crippen LogP contribution in [0.25, 0.3) is 0 Å². The molecule has 0 unspecified atom stereocenters. The molecule has 3 aromatic carbocycles.